The number of benzene rings is 1. The Morgan fingerprint density at radius 3 is 2.80 bits per heavy atom. The minimum atomic E-state index is -0.905. The molecule has 2 nitrogen and oxygen atoms in total. The van der Waals surface area contributed by atoms with E-state index in [9.17, 15) is 4.79 Å². The molecule has 1 aromatic carbocycles. The zero-order valence-corrected chi connectivity index (χ0v) is 9.97. The summed E-state index contributed by atoms with van der Waals surface area (Å²) in [5.41, 5.74) is 2.09. The molecular weight excluding hydrogens is 256 g/mol. The van der Waals surface area contributed by atoms with Crippen LogP contribution in [0.5, 0.6) is 0 Å². The summed E-state index contributed by atoms with van der Waals surface area (Å²) in [6.45, 7) is 1.87. The van der Waals surface area contributed by atoms with Crippen LogP contribution >= 0.6 is 15.9 Å². The molecule has 0 aliphatic rings. The summed E-state index contributed by atoms with van der Waals surface area (Å²) in [5.74, 6) is 5.10. The molecule has 1 N–H and O–H groups in total. The molecule has 1 aromatic rings. The predicted molar refractivity (Wildman–Crippen MR) is 63.4 cm³/mol. The topological polar surface area (TPSA) is 37.3 Å². The van der Waals surface area contributed by atoms with Gasteiger partial charge in [-0.1, -0.05) is 27.8 Å². The Hall–Kier alpha value is -1.27. The summed E-state index contributed by atoms with van der Waals surface area (Å²) in [6.07, 6.45) is 0.792. The molecule has 15 heavy (non-hydrogen) atoms. The normalized spacial score (nSPS) is 9.20. The van der Waals surface area contributed by atoms with Crippen molar-refractivity contribution in [3.05, 3.63) is 34.9 Å². The second-order valence-electron chi connectivity index (χ2n) is 3.08. The monoisotopic (exact) mass is 266 g/mol. The summed E-state index contributed by atoms with van der Waals surface area (Å²) >= 11 is 3.29. The molecule has 0 unspecified atom stereocenters. The molecule has 0 saturated heterocycles. The van der Waals surface area contributed by atoms with E-state index in [0.717, 1.165) is 22.9 Å². The van der Waals surface area contributed by atoms with Crippen molar-refractivity contribution in [3.63, 3.8) is 0 Å². The zero-order chi connectivity index (χ0) is 11.3. The standard InChI is InChI=1S/C12H11BrO2/c1-9-8-11(12(14)15)6-5-10(9)4-2-3-7-13/h5-6,8H,3,7H2,1H3,(H,14,15). The van der Waals surface area contributed by atoms with Gasteiger partial charge in [-0.3, -0.25) is 0 Å². The van der Waals surface area contributed by atoms with E-state index in [0.29, 0.717) is 5.56 Å². The molecule has 3 heteroatoms. The summed E-state index contributed by atoms with van der Waals surface area (Å²) in [7, 11) is 0. The van der Waals surface area contributed by atoms with Gasteiger partial charge in [0.15, 0.2) is 0 Å². The van der Waals surface area contributed by atoms with Crippen molar-refractivity contribution in [3.8, 4) is 11.8 Å². The molecule has 0 spiro atoms. The summed E-state index contributed by atoms with van der Waals surface area (Å²) in [5, 5.41) is 9.63. The number of halogens is 1. The minimum Gasteiger partial charge on any atom is -0.478 e. The van der Waals surface area contributed by atoms with E-state index in [-0.39, 0.29) is 0 Å². The fourth-order valence-corrected chi connectivity index (χ4v) is 1.34. The van der Waals surface area contributed by atoms with Gasteiger partial charge in [0.2, 0.25) is 0 Å². The molecule has 0 aliphatic carbocycles. The lowest BCUT2D eigenvalue weighted by Gasteiger charge is -1.99. The first kappa shape index (κ1) is 11.8. The van der Waals surface area contributed by atoms with Gasteiger partial charge in [-0.05, 0) is 30.7 Å². The SMILES string of the molecule is Cc1cc(C(=O)O)ccc1C#CCCBr. The molecule has 0 bridgehead atoms. The van der Waals surface area contributed by atoms with E-state index in [2.05, 4.69) is 27.8 Å². The van der Waals surface area contributed by atoms with Gasteiger partial charge in [0, 0.05) is 17.3 Å². The quantitative estimate of drug-likeness (QED) is 0.660. The van der Waals surface area contributed by atoms with Crippen LogP contribution in [0.25, 0.3) is 0 Å². The van der Waals surface area contributed by atoms with Crippen molar-refractivity contribution in [1.29, 1.82) is 0 Å². The van der Waals surface area contributed by atoms with Gasteiger partial charge >= 0.3 is 5.97 Å². The van der Waals surface area contributed by atoms with Crippen LogP contribution in [0.3, 0.4) is 0 Å². The Labute approximate surface area is 97.4 Å². The number of hydrogen-bond donors (Lipinski definition) is 1. The number of aromatic carboxylic acids is 1. The largest absolute Gasteiger partial charge is 0.478 e. The minimum absolute atomic E-state index is 0.304. The van der Waals surface area contributed by atoms with Gasteiger partial charge in [0.1, 0.15) is 0 Å². The number of carbonyl (C=O) groups is 1. The molecular formula is C12H11BrO2. The van der Waals surface area contributed by atoms with Crippen LogP contribution in [0.15, 0.2) is 18.2 Å². The highest BCUT2D eigenvalue weighted by molar-refractivity contribution is 9.09. The maximum Gasteiger partial charge on any atom is 0.335 e. The van der Waals surface area contributed by atoms with E-state index < -0.39 is 5.97 Å². The maximum atomic E-state index is 10.7. The molecule has 1 rings (SSSR count). The summed E-state index contributed by atoms with van der Waals surface area (Å²) in [6, 6.07) is 4.97. The van der Waals surface area contributed by atoms with Crippen LogP contribution in [-0.4, -0.2) is 16.4 Å². The Bertz CT molecular complexity index is 427. The van der Waals surface area contributed by atoms with Crippen molar-refractivity contribution >= 4 is 21.9 Å². The highest BCUT2D eigenvalue weighted by Crippen LogP contribution is 2.10. The Morgan fingerprint density at radius 2 is 2.27 bits per heavy atom. The molecule has 0 aliphatic heterocycles. The molecule has 0 atom stereocenters. The van der Waals surface area contributed by atoms with Gasteiger partial charge in [0.05, 0.1) is 5.56 Å². The summed E-state index contributed by atoms with van der Waals surface area (Å²) in [4.78, 5) is 10.7. The fraction of sp³-hybridized carbons (Fsp3) is 0.250. The van der Waals surface area contributed by atoms with E-state index in [1.807, 2.05) is 6.92 Å². The third-order valence-electron chi connectivity index (χ3n) is 1.92. The van der Waals surface area contributed by atoms with Crippen LogP contribution in [0.1, 0.15) is 27.9 Å². The van der Waals surface area contributed by atoms with Gasteiger partial charge in [-0.25, -0.2) is 4.79 Å². The third-order valence-corrected chi connectivity index (χ3v) is 2.31. The fourth-order valence-electron chi connectivity index (χ4n) is 1.14. The number of aryl methyl sites for hydroxylation is 1. The van der Waals surface area contributed by atoms with E-state index in [1.54, 1.807) is 18.2 Å². The average molecular weight is 267 g/mol. The van der Waals surface area contributed by atoms with Crippen molar-refractivity contribution in [1.82, 2.24) is 0 Å². The third kappa shape index (κ3) is 3.41. The molecule has 0 amide bonds. The second kappa shape index (κ2) is 5.57. The molecule has 0 radical (unpaired) electrons. The van der Waals surface area contributed by atoms with Crippen LogP contribution < -0.4 is 0 Å². The second-order valence-corrected chi connectivity index (χ2v) is 3.87. The number of alkyl halides is 1. The smallest absolute Gasteiger partial charge is 0.335 e. The van der Waals surface area contributed by atoms with E-state index in [1.165, 1.54) is 0 Å². The lowest BCUT2D eigenvalue weighted by Crippen LogP contribution is -1.97. The van der Waals surface area contributed by atoms with Crippen molar-refractivity contribution in [2.45, 2.75) is 13.3 Å². The zero-order valence-electron chi connectivity index (χ0n) is 8.38. The van der Waals surface area contributed by atoms with Crippen molar-refractivity contribution in [2.75, 3.05) is 5.33 Å². The van der Waals surface area contributed by atoms with E-state index in [4.69, 9.17) is 5.11 Å². The van der Waals surface area contributed by atoms with Gasteiger partial charge in [0.25, 0.3) is 0 Å². The molecule has 0 fully saturated rings. The van der Waals surface area contributed by atoms with Crippen LogP contribution in [0.2, 0.25) is 0 Å². The first-order valence-electron chi connectivity index (χ1n) is 4.54. The summed E-state index contributed by atoms with van der Waals surface area (Å²) < 4.78 is 0. The maximum absolute atomic E-state index is 10.7. The Morgan fingerprint density at radius 1 is 1.53 bits per heavy atom. The molecule has 78 valence electrons. The first-order chi connectivity index (χ1) is 7.15. The molecule has 0 heterocycles. The number of rotatable bonds is 2. The molecule has 0 aromatic heterocycles. The lowest BCUT2D eigenvalue weighted by molar-refractivity contribution is 0.0697. The van der Waals surface area contributed by atoms with Gasteiger partial charge in [-0.15, -0.1) is 0 Å². The van der Waals surface area contributed by atoms with Crippen molar-refractivity contribution < 1.29 is 9.90 Å². The van der Waals surface area contributed by atoms with Gasteiger partial charge < -0.3 is 5.11 Å². The number of hydrogen-bond acceptors (Lipinski definition) is 1. The van der Waals surface area contributed by atoms with Crippen LogP contribution in [0, 0.1) is 18.8 Å². The van der Waals surface area contributed by atoms with Gasteiger partial charge in [-0.2, -0.15) is 0 Å². The highest BCUT2D eigenvalue weighted by Gasteiger charge is 2.03. The average Bonchev–Trinajstić information content (AvgIpc) is 2.20. The molecule has 0 saturated carbocycles. The number of carboxylic acids is 1. The number of carboxylic acid groups (broad SMARTS) is 1. The Kier molecular flexibility index (Phi) is 4.38. The van der Waals surface area contributed by atoms with Crippen LogP contribution in [-0.2, 0) is 0 Å². The lowest BCUT2D eigenvalue weighted by atomic mass is 10.1. The van der Waals surface area contributed by atoms with Crippen LogP contribution in [0.4, 0.5) is 0 Å². The highest BCUT2D eigenvalue weighted by atomic mass is 79.9. The predicted octanol–water partition coefficient (Wildman–Crippen LogP) is 2.83. The Balaban J connectivity index is 2.95. The van der Waals surface area contributed by atoms with E-state index >= 15 is 0 Å². The van der Waals surface area contributed by atoms with Crippen molar-refractivity contribution in [2.24, 2.45) is 0 Å². The first-order valence-corrected chi connectivity index (χ1v) is 5.66.